The van der Waals surface area contributed by atoms with Gasteiger partial charge < -0.3 is 5.11 Å². The zero-order chi connectivity index (χ0) is 14.2. The van der Waals surface area contributed by atoms with E-state index in [4.69, 9.17) is 5.11 Å². The predicted molar refractivity (Wildman–Crippen MR) is 71.8 cm³/mol. The molecule has 0 amide bonds. The predicted octanol–water partition coefficient (Wildman–Crippen LogP) is 2.57. The normalized spacial score (nSPS) is 11.6. The van der Waals surface area contributed by atoms with Gasteiger partial charge in [-0.25, -0.2) is 14.5 Å². The van der Waals surface area contributed by atoms with Crippen molar-refractivity contribution in [2.24, 2.45) is 0 Å². The number of carboxylic acid groups (broad SMARTS) is 1. The molecule has 0 saturated heterocycles. The fourth-order valence-corrected chi connectivity index (χ4v) is 1.83. The van der Waals surface area contributed by atoms with E-state index in [1.54, 1.807) is 16.9 Å². The van der Waals surface area contributed by atoms with Gasteiger partial charge in [0.05, 0.1) is 5.69 Å². The van der Waals surface area contributed by atoms with Gasteiger partial charge in [0.1, 0.15) is 0 Å². The maximum Gasteiger partial charge on any atom is 0.356 e. The Bertz CT molecular complexity index is 624. The molecule has 2 rings (SSSR count). The molecule has 19 heavy (non-hydrogen) atoms. The van der Waals surface area contributed by atoms with Crippen molar-refractivity contribution in [2.75, 3.05) is 0 Å². The van der Waals surface area contributed by atoms with Crippen LogP contribution in [0.25, 0.3) is 5.82 Å². The third-order valence-corrected chi connectivity index (χ3v) is 2.81. The first-order chi connectivity index (χ1) is 8.79. The SMILES string of the molecule is Cc1ccnc(-n2nc(C(=O)O)cc2C(C)(C)C)c1. The van der Waals surface area contributed by atoms with Gasteiger partial charge >= 0.3 is 5.97 Å². The lowest BCUT2D eigenvalue weighted by molar-refractivity contribution is 0.0690. The van der Waals surface area contributed by atoms with E-state index in [-0.39, 0.29) is 11.1 Å². The van der Waals surface area contributed by atoms with Crippen LogP contribution in [0.5, 0.6) is 0 Å². The Kier molecular flexibility index (Phi) is 3.14. The number of carbonyl (C=O) groups is 1. The monoisotopic (exact) mass is 259 g/mol. The topological polar surface area (TPSA) is 68.0 Å². The molecule has 2 aromatic heterocycles. The quantitative estimate of drug-likeness (QED) is 0.900. The highest BCUT2D eigenvalue weighted by molar-refractivity contribution is 5.85. The Morgan fingerprint density at radius 1 is 1.32 bits per heavy atom. The van der Waals surface area contributed by atoms with Crippen LogP contribution in [0.4, 0.5) is 0 Å². The zero-order valence-electron chi connectivity index (χ0n) is 11.5. The minimum absolute atomic E-state index is 0.0354. The standard InChI is InChI=1S/C14H17N3O2/c1-9-5-6-15-12(7-9)17-11(14(2,3)4)8-10(16-17)13(18)19/h5-8H,1-4H3,(H,18,19). The molecule has 0 unspecified atom stereocenters. The van der Waals surface area contributed by atoms with E-state index < -0.39 is 5.97 Å². The summed E-state index contributed by atoms with van der Waals surface area (Å²) in [6, 6.07) is 5.38. The molecule has 0 aliphatic rings. The molecule has 100 valence electrons. The second-order valence-corrected chi connectivity index (χ2v) is 5.57. The van der Waals surface area contributed by atoms with Crippen LogP contribution in [-0.2, 0) is 5.41 Å². The molecule has 5 heteroatoms. The molecule has 0 aliphatic heterocycles. The Balaban J connectivity index is 2.64. The van der Waals surface area contributed by atoms with Crippen LogP contribution in [-0.4, -0.2) is 25.8 Å². The minimum atomic E-state index is -1.03. The Morgan fingerprint density at radius 2 is 2.00 bits per heavy atom. The number of hydrogen-bond acceptors (Lipinski definition) is 3. The number of carboxylic acids is 1. The number of aryl methyl sites for hydroxylation is 1. The van der Waals surface area contributed by atoms with Crippen LogP contribution >= 0.6 is 0 Å². The largest absolute Gasteiger partial charge is 0.476 e. The van der Waals surface area contributed by atoms with Crippen molar-refractivity contribution < 1.29 is 9.90 Å². The van der Waals surface area contributed by atoms with Gasteiger partial charge in [-0.1, -0.05) is 20.8 Å². The van der Waals surface area contributed by atoms with Crippen LogP contribution in [0.2, 0.25) is 0 Å². The summed E-state index contributed by atoms with van der Waals surface area (Å²) in [7, 11) is 0. The number of hydrogen-bond donors (Lipinski definition) is 1. The van der Waals surface area contributed by atoms with E-state index in [2.05, 4.69) is 10.1 Å². The molecule has 0 aromatic carbocycles. The first-order valence-electron chi connectivity index (χ1n) is 6.06. The van der Waals surface area contributed by atoms with E-state index in [1.165, 1.54) is 0 Å². The molecule has 0 bridgehead atoms. The van der Waals surface area contributed by atoms with Crippen molar-refractivity contribution in [3.05, 3.63) is 41.3 Å². The Hall–Kier alpha value is -2.17. The highest BCUT2D eigenvalue weighted by Crippen LogP contribution is 2.25. The summed E-state index contributed by atoms with van der Waals surface area (Å²) in [4.78, 5) is 15.4. The van der Waals surface area contributed by atoms with Gasteiger partial charge in [-0.2, -0.15) is 5.10 Å². The Morgan fingerprint density at radius 3 is 2.53 bits per heavy atom. The highest BCUT2D eigenvalue weighted by atomic mass is 16.4. The molecule has 1 N–H and O–H groups in total. The number of pyridine rings is 1. The van der Waals surface area contributed by atoms with Crippen molar-refractivity contribution in [1.82, 2.24) is 14.8 Å². The molecule has 0 radical (unpaired) electrons. The van der Waals surface area contributed by atoms with Crippen molar-refractivity contribution in [1.29, 1.82) is 0 Å². The molecule has 0 atom stereocenters. The third-order valence-electron chi connectivity index (χ3n) is 2.81. The maximum atomic E-state index is 11.1. The lowest BCUT2D eigenvalue weighted by atomic mass is 9.92. The van der Waals surface area contributed by atoms with Crippen molar-refractivity contribution in [3.63, 3.8) is 0 Å². The van der Waals surface area contributed by atoms with E-state index in [1.807, 2.05) is 39.8 Å². The van der Waals surface area contributed by atoms with Crippen molar-refractivity contribution in [3.8, 4) is 5.82 Å². The van der Waals surface area contributed by atoms with Crippen LogP contribution in [0.3, 0.4) is 0 Å². The summed E-state index contributed by atoms with van der Waals surface area (Å²) in [6.07, 6.45) is 1.69. The van der Waals surface area contributed by atoms with Gasteiger partial charge in [-0.3, -0.25) is 0 Å². The van der Waals surface area contributed by atoms with Crippen molar-refractivity contribution in [2.45, 2.75) is 33.1 Å². The first-order valence-corrected chi connectivity index (χ1v) is 6.06. The summed E-state index contributed by atoms with van der Waals surface area (Å²) in [5.74, 6) is -0.394. The van der Waals surface area contributed by atoms with Crippen LogP contribution in [0, 0.1) is 6.92 Å². The average Bonchev–Trinajstić information content (AvgIpc) is 2.73. The maximum absolute atomic E-state index is 11.1. The fraction of sp³-hybridized carbons (Fsp3) is 0.357. The fourth-order valence-electron chi connectivity index (χ4n) is 1.83. The molecule has 0 fully saturated rings. The van der Waals surface area contributed by atoms with Crippen molar-refractivity contribution >= 4 is 5.97 Å². The van der Waals surface area contributed by atoms with Gasteiger partial charge in [-0.15, -0.1) is 0 Å². The first kappa shape index (κ1) is 13.3. The molecule has 0 aliphatic carbocycles. The molecule has 5 nitrogen and oxygen atoms in total. The van der Waals surface area contributed by atoms with Gasteiger partial charge in [0, 0.05) is 11.6 Å². The molecule has 0 saturated carbocycles. The van der Waals surface area contributed by atoms with Crippen LogP contribution in [0.15, 0.2) is 24.4 Å². The number of rotatable bonds is 2. The van der Waals surface area contributed by atoms with Gasteiger partial charge in [0.2, 0.25) is 0 Å². The zero-order valence-corrected chi connectivity index (χ0v) is 11.5. The van der Waals surface area contributed by atoms with Gasteiger partial charge in [-0.05, 0) is 30.7 Å². The number of aromatic nitrogens is 3. The lowest BCUT2D eigenvalue weighted by Gasteiger charge is -2.19. The summed E-state index contributed by atoms with van der Waals surface area (Å²) in [5, 5.41) is 13.2. The van der Waals surface area contributed by atoms with E-state index in [0.29, 0.717) is 5.82 Å². The molecule has 2 aromatic rings. The molecule has 2 heterocycles. The summed E-state index contributed by atoms with van der Waals surface area (Å²) >= 11 is 0. The number of nitrogens with zero attached hydrogens (tertiary/aromatic N) is 3. The van der Waals surface area contributed by atoms with Gasteiger partial charge in [0.25, 0.3) is 0 Å². The molecular formula is C14H17N3O2. The van der Waals surface area contributed by atoms with Crippen LogP contribution < -0.4 is 0 Å². The third kappa shape index (κ3) is 2.65. The highest BCUT2D eigenvalue weighted by Gasteiger charge is 2.24. The van der Waals surface area contributed by atoms with E-state index in [9.17, 15) is 4.79 Å². The smallest absolute Gasteiger partial charge is 0.356 e. The summed E-state index contributed by atoms with van der Waals surface area (Å²) < 4.78 is 1.61. The molecular weight excluding hydrogens is 242 g/mol. The number of aromatic carboxylic acids is 1. The Labute approximate surface area is 111 Å². The van der Waals surface area contributed by atoms with Gasteiger partial charge in [0.15, 0.2) is 11.5 Å². The summed E-state index contributed by atoms with van der Waals surface area (Å²) in [6.45, 7) is 8.01. The second kappa shape index (κ2) is 4.50. The summed E-state index contributed by atoms with van der Waals surface area (Å²) in [5.41, 5.74) is 1.69. The van der Waals surface area contributed by atoms with E-state index >= 15 is 0 Å². The lowest BCUT2D eigenvalue weighted by Crippen LogP contribution is -2.18. The minimum Gasteiger partial charge on any atom is -0.476 e. The second-order valence-electron chi connectivity index (χ2n) is 5.57. The van der Waals surface area contributed by atoms with E-state index in [0.717, 1.165) is 11.3 Å². The van der Waals surface area contributed by atoms with Crippen LogP contribution in [0.1, 0.15) is 42.5 Å². The average molecular weight is 259 g/mol. The molecule has 0 spiro atoms.